The number of hydrogen-bond acceptors (Lipinski definition) is 9. The molecule has 2 aliphatic heterocycles. The molecule has 2 saturated heterocycles. The molecular formula is C19H35O9PW2-2. The van der Waals surface area contributed by atoms with Gasteiger partial charge in [0.05, 0.1) is 43.7 Å². The van der Waals surface area contributed by atoms with E-state index in [-0.39, 0.29) is 85.7 Å². The topological polar surface area (TPSA) is 116 Å². The first-order valence-electron chi connectivity index (χ1n) is 10.2. The summed E-state index contributed by atoms with van der Waals surface area (Å²) in [5.74, 6) is 0. The summed E-state index contributed by atoms with van der Waals surface area (Å²) in [5, 5.41) is 9.90. The van der Waals surface area contributed by atoms with Gasteiger partial charge >= 0.3 is 0 Å². The van der Waals surface area contributed by atoms with E-state index in [4.69, 9.17) is 28.0 Å². The number of phosphoric acid groups is 1. The second kappa shape index (κ2) is 14.0. The fourth-order valence-corrected chi connectivity index (χ4v) is 4.50. The maximum Gasteiger partial charge on any atom is 0.237 e. The van der Waals surface area contributed by atoms with Gasteiger partial charge in [-0.25, -0.2) is 0 Å². The fraction of sp³-hybridized carbons (Fsp3) is 0.947. The van der Waals surface area contributed by atoms with E-state index >= 15 is 0 Å². The van der Waals surface area contributed by atoms with Gasteiger partial charge in [0.15, 0.2) is 0 Å². The van der Waals surface area contributed by atoms with Gasteiger partial charge in [0, 0.05) is 48.6 Å². The molecule has 2 rings (SSSR count). The van der Waals surface area contributed by atoms with Crippen LogP contribution >= 0.6 is 7.82 Å². The quantitative estimate of drug-likeness (QED) is 0.248. The molecule has 0 radical (unpaired) electrons. The molecule has 31 heavy (non-hydrogen) atoms. The summed E-state index contributed by atoms with van der Waals surface area (Å²) in [5.41, 5.74) is -1.27. The second-order valence-electron chi connectivity index (χ2n) is 8.40. The van der Waals surface area contributed by atoms with Crippen molar-refractivity contribution in [2.45, 2.75) is 103 Å². The Bertz CT molecular complexity index is 568. The molecule has 9 nitrogen and oxygen atoms in total. The molecule has 0 aromatic heterocycles. The van der Waals surface area contributed by atoms with E-state index < -0.39 is 32.2 Å². The van der Waals surface area contributed by atoms with Crippen molar-refractivity contribution in [3.05, 3.63) is 6.61 Å². The molecule has 2 fully saturated rings. The third-order valence-electron chi connectivity index (χ3n) is 4.84. The molecule has 0 aliphatic carbocycles. The third-order valence-corrected chi connectivity index (χ3v) is 5.74. The van der Waals surface area contributed by atoms with Gasteiger partial charge in [-0.3, -0.25) is 4.57 Å². The third kappa shape index (κ3) is 9.82. The van der Waals surface area contributed by atoms with Gasteiger partial charge in [-0.15, -0.1) is 0 Å². The number of hydrogen-bond donors (Lipinski definition) is 1. The largest absolute Gasteiger partial charge is 0.758 e. The molecule has 0 aromatic carbocycles. The molecule has 1 N–H and O–H groups in total. The minimum Gasteiger partial charge on any atom is -0.758 e. The molecule has 0 aromatic rings. The zero-order valence-electron chi connectivity index (χ0n) is 18.9. The molecule has 0 spiro atoms. The van der Waals surface area contributed by atoms with Crippen molar-refractivity contribution >= 4 is 7.82 Å². The fourth-order valence-electron chi connectivity index (χ4n) is 3.59. The minimum absolute atomic E-state index is 0. The van der Waals surface area contributed by atoms with Gasteiger partial charge in [-0.2, -0.15) is 6.61 Å². The van der Waals surface area contributed by atoms with Crippen LogP contribution in [-0.2, 0) is 74.7 Å². The van der Waals surface area contributed by atoms with Crippen molar-refractivity contribution in [2.24, 2.45) is 0 Å². The zero-order valence-corrected chi connectivity index (χ0v) is 25.7. The molecule has 0 bridgehead atoms. The van der Waals surface area contributed by atoms with Gasteiger partial charge in [0.1, 0.15) is 11.7 Å². The molecule has 12 heteroatoms. The summed E-state index contributed by atoms with van der Waals surface area (Å²) in [6.07, 6.45) is -1.42. The zero-order chi connectivity index (χ0) is 21.8. The van der Waals surface area contributed by atoms with E-state index in [1.54, 1.807) is 6.92 Å². The Morgan fingerprint density at radius 3 is 2.35 bits per heavy atom. The SMILES string of the molecule is CC(C)OC[C@@]1(CO)O[C@@H](C)CC1OP(=O)([O-])O[CH-][C@H]1O[C@@H](C)CC1OC(C)C.[W].[W]. The van der Waals surface area contributed by atoms with Crippen molar-refractivity contribution in [1.29, 1.82) is 0 Å². The standard InChI is InChI=1S/C19H36O9P.2W/c1-12(2)23-11-19(10-20)18(8-15(6)27-19)28-29(21,22)24-9-17-16(25-13(3)4)7-14(5)26-17;;/h9,12-18,20H,7-8,10-11H2,1-6H3,(H,21,22);;/q-1;;/p-1/t14-,15-,16?,17+,18?,19+;;/m0../s1. The van der Waals surface area contributed by atoms with E-state index in [1.807, 2.05) is 34.6 Å². The molecule has 0 saturated carbocycles. The molecule has 7 atom stereocenters. The monoisotopic (exact) mass is 806 g/mol. The maximum atomic E-state index is 12.5. The Morgan fingerprint density at radius 2 is 1.81 bits per heavy atom. The van der Waals surface area contributed by atoms with Crippen LogP contribution in [0.2, 0.25) is 0 Å². The number of rotatable bonds is 11. The van der Waals surface area contributed by atoms with E-state index in [0.717, 1.165) is 6.61 Å². The van der Waals surface area contributed by atoms with Crippen molar-refractivity contribution in [1.82, 2.24) is 0 Å². The Balaban J connectivity index is 0.00000450. The smallest absolute Gasteiger partial charge is 0.237 e. The number of aliphatic hydroxyl groups excluding tert-OH is 1. The van der Waals surface area contributed by atoms with E-state index in [0.29, 0.717) is 6.42 Å². The van der Waals surface area contributed by atoms with Gasteiger partial charge in [-0.1, -0.05) is 0 Å². The van der Waals surface area contributed by atoms with Gasteiger partial charge in [0.2, 0.25) is 7.82 Å². The summed E-state index contributed by atoms with van der Waals surface area (Å²) in [7, 11) is -4.73. The van der Waals surface area contributed by atoms with Crippen LogP contribution in [0.3, 0.4) is 0 Å². The Hall–Kier alpha value is 1.29. The summed E-state index contributed by atoms with van der Waals surface area (Å²) < 4.78 is 45.6. The first-order valence-corrected chi connectivity index (χ1v) is 11.6. The first kappa shape index (κ1) is 32.3. The van der Waals surface area contributed by atoms with Crippen molar-refractivity contribution in [3.63, 3.8) is 0 Å². The Labute approximate surface area is 214 Å². The summed E-state index contributed by atoms with van der Waals surface area (Å²) in [6.45, 7) is 11.8. The predicted octanol–water partition coefficient (Wildman–Crippen LogP) is 1.95. The van der Waals surface area contributed by atoms with Crippen LogP contribution < -0.4 is 4.89 Å². The van der Waals surface area contributed by atoms with Gasteiger partial charge in [-0.05, 0) is 54.1 Å². The van der Waals surface area contributed by atoms with Crippen LogP contribution in [-0.4, -0.2) is 66.6 Å². The second-order valence-corrected chi connectivity index (χ2v) is 9.72. The van der Waals surface area contributed by atoms with Crippen LogP contribution in [0.15, 0.2) is 0 Å². The molecule has 3 unspecified atom stereocenters. The summed E-state index contributed by atoms with van der Waals surface area (Å²) in [6, 6.07) is 0. The van der Waals surface area contributed by atoms with Gasteiger partial charge < -0.3 is 38.0 Å². The molecule has 2 aliphatic rings. The van der Waals surface area contributed by atoms with Crippen molar-refractivity contribution < 1.29 is 84.7 Å². The molecule has 2 heterocycles. The minimum atomic E-state index is -4.73. The first-order chi connectivity index (χ1) is 13.5. The van der Waals surface area contributed by atoms with E-state index in [2.05, 4.69) is 0 Å². The predicted molar refractivity (Wildman–Crippen MR) is 103 cm³/mol. The van der Waals surface area contributed by atoms with Crippen LogP contribution in [0.4, 0.5) is 0 Å². The van der Waals surface area contributed by atoms with Crippen LogP contribution in [0, 0.1) is 6.61 Å². The Kier molecular flexibility index (Phi) is 14.6. The van der Waals surface area contributed by atoms with Crippen molar-refractivity contribution in [2.75, 3.05) is 13.2 Å². The van der Waals surface area contributed by atoms with Gasteiger partial charge in [0.25, 0.3) is 0 Å². The molecule has 0 amide bonds. The van der Waals surface area contributed by atoms with Crippen LogP contribution in [0.1, 0.15) is 54.4 Å². The van der Waals surface area contributed by atoms with E-state index in [9.17, 15) is 14.6 Å². The molecular weight excluding hydrogens is 771 g/mol. The Morgan fingerprint density at radius 1 is 1.16 bits per heavy atom. The van der Waals surface area contributed by atoms with Crippen LogP contribution in [0.25, 0.3) is 0 Å². The summed E-state index contributed by atoms with van der Waals surface area (Å²) >= 11 is 0. The average molecular weight is 806 g/mol. The number of aliphatic hydroxyl groups is 1. The number of ether oxygens (including phenoxy) is 4. The van der Waals surface area contributed by atoms with E-state index in [1.165, 1.54) is 0 Å². The molecule has 184 valence electrons. The average Bonchev–Trinajstić information content (AvgIpc) is 3.09. The van der Waals surface area contributed by atoms with Crippen LogP contribution in [0.5, 0.6) is 0 Å². The normalized spacial score (nSPS) is 35.1. The van der Waals surface area contributed by atoms with Crippen molar-refractivity contribution in [3.8, 4) is 0 Å². The summed E-state index contributed by atoms with van der Waals surface area (Å²) in [4.78, 5) is 12.5. The number of phosphoric ester groups is 1. The maximum absolute atomic E-state index is 12.5.